The lowest BCUT2D eigenvalue weighted by Crippen LogP contribution is -2.20. The third kappa shape index (κ3) is 3.30. The number of carbonyl (C=O) groups is 1. The fourth-order valence-electron chi connectivity index (χ4n) is 2.64. The standard InChI is InChI=1S/C18H11N3O5S2/c1-9-15(14-3-2-6-27-14)19-18(28-9)20-16(22)12-8-10-7-11(21(24)25)4-5-13(10)26-17(12)23/h2-8H,1H3,(H,19,20,22). The molecule has 4 aromatic rings. The SMILES string of the molecule is Cc1sc(NC(=O)c2cc3cc([N+](=O)[O-])ccc3oc2=O)nc1-c1cccs1. The number of hydrogen-bond donors (Lipinski definition) is 1. The summed E-state index contributed by atoms with van der Waals surface area (Å²) >= 11 is 2.83. The lowest BCUT2D eigenvalue weighted by atomic mass is 10.1. The van der Waals surface area contributed by atoms with Gasteiger partial charge in [0.05, 0.1) is 15.5 Å². The van der Waals surface area contributed by atoms with Crippen LogP contribution in [0.2, 0.25) is 0 Å². The Bertz CT molecular complexity index is 1270. The summed E-state index contributed by atoms with van der Waals surface area (Å²) in [6.45, 7) is 1.89. The van der Waals surface area contributed by atoms with Crippen LogP contribution in [0.15, 0.2) is 51.0 Å². The topological polar surface area (TPSA) is 115 Å². The molecule has 0 aliphatic heterocycles. The number of carbonyl (C=O) groups excluding carboxylic acids is 1. The zero-order valence-electron chi connectivity index (χ0n) is 14.3. The van der Waals surface area contributed by atoms with Crippen molar-refractivity contribution in [1.29, 1.82) is 0 Å². The van der Waals surface area contributed by atoms with Gasteiger partial charge in [0.15, 0.2) is 5.13 Å². The molecule has 3 heterocycles. The fourth-order valence-corrected chi connectivity index (χ4v) is 4.30. The molecule has 1 aromatic carbocycles. The number of benzene rings is 1. The fraction of sp³-hybridized carbons (Fsp3) is 0.0556. The number of amides is 1. The van der Waals surface area contributed by atoms with E-state index in [2.05, 4.69) is 10.3 Å². The van der Waals surface area contributed by atoms with E-state index in [0.29, 0.717) is 5.13 Å². The molecular weight excluding hydrogens is 402 g/mol. The number of non-ortho nitro benzene ring substituents is 1. The van der Waals surface area contributed by atoms with E-state index in [1.807, 2.05) is 24.4 Å². The molecule has 0 unspecified atom stereocenters. The maximum absolute atomic E-state index is 12.6. The summed E-state index contributed by atoms with van der Waals surface area (Å²) in [4.78, 5) is 41.4. The molecule has 0 aliphatic carbocycles. The minimum Gasteiger partial charge on any atom is -0.422 e. The first-order chi connectivity index (χ1) is 13.4. The molecule has 28 heavy (non-hydrogen) atoms. The molecule has 0 bridgehead atoms. The molecule has 0 saturated heterocycles. The summed E-state index contributed by atoms with van der Waals surface area (Å²) in [6, 6.07) is 8.94. The molecule has 140 valence electrons. The van der Waals surface area contributed by atoms with Crippen LogP contribution in [0.25, 0.3) is 21.5 Å². The van der Waals surface area contributed by atoms with Gasteiger partial charge in [-0.05, 0) is 30.5 Å². The number of aromatic nitrogens is 1. The van der Waals surface area contributed by atoms with Gasteiger partial charge in [0.2, 0.25) is 0 Å². The number of nitro groups is 1. The average molecular weight is 413 g/mol. The Kier molecular flexibility index (Phi) is 4.49. The molecule has 0 fully saturated rings. The summed E-state index contributed by atoms with van der Waals surface area (Å²) in [6.07, 6.45) is 0. The number of anilines is 1. The molecule has 8 nitrogen and oxygen atoms in total. The molecule has 1 N–H and O–H groups in total. The number of nitrogens with zero attached hydrogens (tertiary/aromatic N) is 2. The van der Waals surface area contributed by atoms with Gasteiger partial charge >= 0.3 is 5.63 Å². The predicted octanol–water partition coefficient (Wildman–Crippen LogP) is 4.45. The van der Waals surface area contributed by atoms with Gasteiger partial charge < -0.3 is 4.42 Å². The van der Waals surface area contributed by atoms with Crippen LogP contribution in [0.3, 0.4) is 0 Å². The largest absolute Gasteiger partial charge is 0.422 e. The minimum atomic E-state index is -0.828. The number of nitrogens with one attached hydrogen (secondary N) is 1. The van der Waals surface area contributed by atoms with Gasteiger partial charge in [0.1, 0.15) is 11.1 Å². The van der Waals surface area contributed by atoms with E-state index < -0.39 is 16.5 Å². The normalized spacial score (nSPS) is 10.9. The van der Waals surface area contributed by atoms with Crippen molar-refractivity contribution in [3.63, 3.8) is 0 Å². The molecule has 1 amide bonds. The highest BCUT2D eigenvalue weighted by Crippen LogP contribution is 2.33. The highest BCUT2D eigenvalue weighted by Gasteiger charge is 2.18. The number of nitro benzene ring substituents is 1. The third-order valence-corrected chi connectivity index (χ3v) is 5.71. The van der Waals surface area contributed by atoms with Crippen LogP contribution in [0.1, 0.15) is 15.2 Å². The second kappa shape index (κ2) is 6.98. The summed E-state index contributed by atoms with van der Waals surface area (Å²) in [5.74, 6) is -0.686. The van der Waals surface area contributed by atoms with E-state index in [9.17, 15) is 19.7 Å². The van der Waals surface area contributed by atoms with Crippen LogP contribution < -0.4 is 10.9 Å². The van der Waals surface area contributed by atoms with Gasteiger partial charge in [-0.2, -0.15) is 0 Å². The van der Waals surface area contributed by atoms with Gasteiger partial charge in [-0.15, -0.1) is 22.7 Å². The van der Waals surface area contributed by atoms with E-state index in [1.165, 1.54) is 46.9 Å². The van der Waals surface area contributed by atoms with E-state index in [1.54, 1.807) is 0 Å². The van der Waals surface area contributed by atoms with Crippen LogP contribution in [0.4, 0.5) is 10.8 Å². The van der Waals surface area contributed by atoms with Gasteiger partial charge in [-0.25, -0.2) is 9.78 Å². The zero-order chi connectivity index (χ0) is 19.8. The molecular formula is C18H11N3O5S2. The van der Waals surface area contributed by atoms with Crippen molar-refractivity contribution in [2.45, 2.75) is 6.92 Å². The predicted molar refractivity (Wildman–Crippen MR) is 107 cm³/mol. The van der Waals surface area contributed by atoms with Crippen LogP contribution in [0.5, 0.6) is 0 Å². The first kappa shape index (κ1) is 18.0. The molecule has 4 rings (SSSR count). The van der Waals surface area contributed by atoms with E-state index in [4.69, 9.17) is 4.42 Å². The Hall–Kier alpha value is -3.37. The summed E-state index contributed by atoms with van der Waals surface area (Å²) in [5.41, 5.74) is -0.304. The summed E-state index contributed by atoms with van der Waals surface area (Å²) < 4.78 is 5.12. The second-order valence-corrected chi connectivity index (χ2v) is 7.93. The number of thiazole rings is 1. The summed E-state index contributed by atoms with van der Waals surface area (Å²) in [5, 5.41) is 16.1. The van der Waals surface area contributed by atoms with Gasteiger partial charge in [-0.3, -0.25) is 20.2 Å². The van der Waals surface area contributed by atoms with Gasteiger partial charge in [0.25, 0.3) is 11.6 Å². The second-order valence-electron chi connectivity index (χ2n) is 5.78. The Morgan fingerprint density at radius 3 is 2.82 bits per heavy atom. The molecule has 10 heteroatoms. The van der Waals surface area contributed by atoms with Crippen LogP contribution >= 0.6 is 22.7 Å². The van der Waals surface area contributed by atoms with Crippen LogP contribution in [-0.4, -0.2) is 15.8 Å². The van der Waals surface area contributed by atoms with Crippen LogP contribution in [0, 0.1) is 17.0 Å². The van der Waals surface area contributed by atoms with Crippen molar-refractivity contribution < 1.29 is 14.1 Å². The quantitative estimate of drug-likeness (QED) is 0.300. The van der Waals surface area contributed by atoms with E-state index in [-0.39, 0.29) is 22.2 Å². The number of aryl methyl sites for hydroxylation is 1. The number of hydrogen-bond acceptors (Lipinski definition) is 8. The third-order valence-electron chi connectivity index (χ3n) is 3.94. The Morgan fingerprint density at radius 2 is 2.11 bits per heavy atom. The number of rotatable bonds is 4. The average Bonchev–Trinajstić information content (AvgIpc) is 3.30. The van der Waals surface area contributed by atoms with Crippen molar-refractivity contribution in [2.24, 2.45) is 0 Å². The van der Waals surface area contributed by atoms with Crippen molar-refractivity contribution in [3.05, 3.63) is 72.8 Å². The lowest BCUT2D eigenvalue weighted by Gasteiger charge is -2.02. The van der Waals surface area contributed by atoms with Gasteiger partial charge in [0, 0.05) is 22.4 Å². The molecule has 0 saturated carbocycles. The van der Waals surface area contributed by atoms with E-state index >= 15 is 0 Å². The highest BCUT2D eigenvalue weighted by atomic mass is 32.1. The molecule has 0 atom stereocenters. The van der Waals surface area contributed by atoms with Crippen molar-refractivity contribution >= 4 is 50.4 Å². The highest BCUT2D eigenvalue weighted by molar-refractivity contribution is 7.17. The van der Waals surface area contributed by atoms with Crippen LogP contribution in [-0.2, 0) is 0 Å². The van der Waals surface area contributed by atoms with Crippen molar-refractivity contribution in [1.82, 2.24) is 4.98 Å². The molecule has 3 aromatic heterocycles. The lowest BCUT2D eigenvalue weighted by molar-refractivity contribution is -0.384. The van der Waals surface area contributed by atoms with Crippen molar-refractivity contribution in [2.75, 3.05) is 5.32 Å². The van der Waals surface area contributed by atoms with E-state index in [0.717, 1.165) is 15.4 Å². The molecule has 0 radical (unpaired) electrons. The molecule has 0 aliphatic rings. The Morgan fingerprint density at radius 1 is 1.29 bits per heavy atom. The number of fused-ring (bicyclic) bond motifs is 1. The maximum Gasteiger partial charge on any atom is 0.349 e. The Labute approximate surface area is 165 Å². The molecule has 0 spiro atoms. The van der Waals surface area contributed by atoms with Crippen molar-refractivity contribution in [3.8, 4) is 10.6 Å². The zero-order valence-corrected chi connectivity index (χ0v) is 15.9. The number of thiophene rings is 1. The smallest absolute Gasteiger partial charge is 0.349 e. The van der Waals surface area contributed by atoms with Gasteiger partial charge in [-0.1, -0.05) is 6.07 Å². The first-order valence-corrected chi connectivity index (χ1v) is 9.67. The maximum atomic E-state index is 12.6. The summed E-state index contributed by atoms with van der Waals surface area (Å²) in [7, 11) is 0. The monoisotopic (exact) mass is 413 g/mol. The first-order valence-electron chi connectivity index (χ1n) is 7.97. The minimum absolute atomic E-state index is 0.163. The Balaban J connectivity index is 1.67.